The minimum atomic E-state index is -0.0599. The molecule has 0 fully saturated rings. The van der Waals surface area contributed by atoms with E-state index in [1.165, 1.54) is 0 Å². The van der Waals surface area contributed by atoms with Gasteiger partial charge in [-0.3, -0.25) is 14.5 Å². The van der Waals surface area contributed by atoms with Crippen LogP contribution in [0.1, 0.15) is 17.7 Å². The molecule has 0 spiro atoms. The van der Waals surface area contributed by atoms with Crippen LogP contribution >= 0.6 is 12.2 Å². The van der Waals surface area contributed by atoms with Crippen LogP contribution in [0.2, 0.25) is 0 Å². The number of aromatic nitrogens is 5. The Kier molecular flexibility index (Phi) is 5.03. The summed E-state index contributed by atoms with van der Waals surface area (Å²) in [5, 5.41) is 10.1. The van der Waals surface area contributed by atoms with E-state index in [0.717, 1.165) is 28.3 Å². The van der Waals surface area contributed by atoms with Crippen LogP contribution in [0.5, 0.6) is 0 Å². The third-order valence-electron chi connectivity index (χ3n) is 4.48. The summed E-state index contributed by atoms with van der Waals surface area (Å²) >= 11 is 5.34. The molecular weight excluding hydrogens is 372 g/mol. The second kappa shape index (κ2) is 7.77. The van der Waals surface area contributed by atoms with Crippen LogP contribution < -0.4 is 5.32 Å². The molecule has 0 saturated heterocycles. The van der Waals surface area contributed by atoms with E-state index in [1.54, 1.807) is 0 Å². The van der Waals surface area contributed by atoms with Crippen molar-refractivity contribution in [2.75, 3.05) is 0 Å². The highest BCUT2D eigenvalue weighted by atomic mass is 32.1. The lowest BCUT2D eigenvalue weighted by molar-refractivity contribution is -0.121. The molecule has 4 aromatic rings. The van der Waals surface area contributed by atoms with Gasteiger partial charge in [-0.15, -0.1) is 0 Å². The lowest BCUT2D eigenvalue weighted by Gasteiger charge is -2.08. The molecule has 0 atom stereocenters. The minimum absolute atomic E-state index is 0.0599. The number of aromatic amines is 1. The molecule has 142 valence electrons. The van der Waals surface area contributed by atoms with Gasteiger partial charge in [0.25, 0.3) is 0 Å². The number of imidazole rings is 1. The molecule has 0 bridgehead atoms. The van der Waals surface area contributed by atoms with E-state index in [0.29, 0.717) is 24.3 Å². The van der Waals surface area contributed by atoms with E-state index in [9.17, 15) is 4.79 Å². The summed E-state index contributed by atoms with van der Waals surface area (Å²) in [5.41, 5.74) is 3.79. The maximum Gasteiger partial charge on any atom is 0.222 e. The SMILES string of the molecule is Cc1cccc(-c2n[nH]c(=S)n2CCC(=O)NCc2cn3ccccc3n2)c1. The molecule has 7 nitrogen and oxygen atoms in total. The van der Waals surface area contributed by atoms with Crippen LogP contribution in [0.15, 0.2) is 54.9 Å². The highest BCUT2D eigenvalue weighted by Gasteiger charge is 2.11. The van der Waals surface area contributed by atoms with Crippen LogP contribution in [0.4, 0.5) is 0 Å². The quantitative estimate of drug-likeness (QED) is 0.494. The van der Waals surface area contributed by atoms with Crippen LogP contribution in [0, 0.1) is 11.7 Å². The Hall–Kier alpha value is -3.26. The van der Waals surface area contributed by atoms with Crippen molar-refractivity contribution in [1.29, 1.82) is 0 Å². The number of carbonyl (C=O) groups is 1. The van der Waals surface area contributed by atoms with Crippen molar-refractivity contribution < 1.29 is 4.79 Å². The monoisotopic (exact) mass is 392 g/mol. The number of pyridine rings is 1. The van der Waals surface area contributed by atoms with E-state index in [4.69, 9.17) is 12.2 Å². The van der Waals surface area contributed by atoms with Gasteiger partial charge >= 0.3 is 0 Å². The number of hydrogen-bond acceptors (Lipinski definition) is 4. The number of nitrogens with one attached hydrogen (secondary N) is 2. The van der Waals surface area contributed by atoms with E-state index >= 15 is 0 Å². The average Bonchev–Trinajstić information content (AvgIpc) is 3.27. The third-order valence-corrected chi connectivity index (χ3v) is 4.79. The van der Waals surface area contributed by atoms with E-state index in [2.05, 4.69) is 20.5 Å². The molecule has 3 heterocycles. The van der Waals surface area contributed by atoms with Crippen molar-refractivity contribution in [2.24, 2.45) is 0 Å². The molecule has 4 rings (SSSR count). The fourth-order valence-corrected chi connectivity index (χ4v) is 3.32. The van der Waals surface area contributed by atoms with E-state index in [-0.39, 0.29) is 5.91 Å². The molecule has 0 aliphatic heterocycles. The lowest BCUT2D eigenvalue weighted by atomic mass is 10.1. The van der Waals surface area contributed by atoms with Gasteiger partial charge in [-0.2, -0.15) is 5.10 Å². The van der Waals surface area contributed by atoms with Crippen molar-refractivity contribution >= 4 is 23.8 Å². The average molecular weight is 392 g/mol. The number of rotatable bonds is 6. The van der Waals surface area contributed by atoms with E-state index in [1.807, 2.05) is 70.7 Å². The minimum Gasteiger partial charge on any atom is -0.350 e. The molecule has 0 saturated carbocycles. The van der Waals surface area contributed by atoms with Gasteiger partial charge in [-0.1, -0.05) is 29.8 Å². The smallest absolute Gasteiger partial charge is 0.222 e. The van der Waals surface area contributed by atoms with Crippen LogP contribution in [0.3, 0.4) is 0 Å². The Balaban J connectivity index is 1.40. The normalized spacial score (nSPS) is 11.0. The largest absolute Gasteiger partial charge is 0.350 e. The van der Waals surface area contributed by atoms with Gasteiger partial charge in [-0.25, -0.2) is 4.98 Å². The van der Waals surface area contributed by atoms with E-state index < -0.39 is 0 Å². The zero-order valence-corrected chi connectivity index (χ0v) is 16.2. The van der Waals surface area contributed by atoms with Gasteiger partial charge in [0.15, 0.2) is 10.6 Å². The Morgan fingerprint density at radius 2 is 2.14 bits per heavy atom. The number of carbonyl (C=O) groups excluding carboxylic acids is 1. The third kappa shape index (κ3) is 3.86. The number of aryl methyl sites for hydroxylation is 1. The highest BCUT2D eigenvalue weighted by molar-refractivity contribution is 7.71. The first kappa shape index (κ1) is 18.1. The summed E-state index contributed by atoms with van der Waals surface area (Å²) in [6.07, 6.45) is 4.15. The van der Waals surface area contributed by atoms with Gasteiger partial charge in [0.1, 0.15) is 5.65 Å². The summed E-state index contributed by atoms with van der Waals surface area (Å²) in [6.45, 7) is 2.87. The molecular formula is C20H20N6OS. The fraction of sp³-hybridized carbons (Fsp3) is 0.200. The maximum atomic E-state index is 12.3. The summed E-state index contributed by atoms with van der Waals surface area (Å²) in [4.78, 5) is 16.8. The number of nitrogens with zero attached hydrogens (tertiary/aromatic N) is 4. The number of hydrogen-bond donors (Lipinski definition) is 2. The number of amides is 1. The molecule has 0 radical (unpaired) electrons. The van der Waals surface area contributed by atoms with Gasteiger partial charge in [0, 0.05) is 30.9 Å². The van der Waals surface area contributed by atoms with Crippen LogP contribution in [-0.2, 0) is 17.9 Å². The van der Waals surface area contributed by atoms with Crippen LogP contribution in [0.25, 0.3) is 17.0 Å². The number of benzene rings is 1. The molecule has 0 aliphatic carbocycles. The Morgan fingerprint density at radius 1 is 1.25 bits per heavy atom. The molecule has 8 heteroatoms. The molecule has 1 aromatic carbocycles. The van der Waals surface area contributed by atoms with Gasteiger partial charge in [0.2, 0.25) is 5.91 Å². The van der Waals surface area contributed by atoms with Gasteiger partial charge in [-0.05, 0) is 37.3 Å². The molecule has 28 heavy (non-hydrogen) atoms. The Morgan fingerprint density at radius 3 is 2.96 bits per heavy atom. The van der Waals surface area contributed by atoms with Crippen molar-refractivity contribution in [3.05, 3.63) is 70.9 Å². The molecule has 3 aromatic heterocycles. The first-order valence-corrected chi connectivity index (χ1v) is 9.42. The Bertz CT molecular complexity index is 1160. The number of fused-ring (bicyclic) bond motifs is 1. The second-order valence-electron chi connectivity index (χ2n) is 6.60. The lowest BCUT2D eigenvalue weighted by Crippen LogP contribution is -2.24. The van der Waals surface area contributed by atoms with Crippen molar-refractivity contribution in [1.82, 2.24) is 29.5 Å². The summed E-state index contributed by atoms with van der Waals surface area (Å²) in [7, 11) is 0. The number of H-pyrrole nitrogens is 1. The molecule has 0 unspecified atom stereocenters. The first-order chi connectivity index (χ1) is 13.6. The summed E-state index contributed by atoms with van der Waals surface area (Å²) in [6, 6.07) is 13.8. The highest BCUT2D eigenvalue weighted by Crippen LogP contribution is 2.18. The fourth-order valence-electron chi connectivity index (χ4n) is 3.09. The Labute approximate surface area is 167 Å². The first-order valence-electron chi connectivity index (χ1n) is 9.02. The molecule has 0 aliphatic rings. The molecule has 2 N–H and O–H groups in total. The van der Waals surface area contributed by atoms with Gasteiger partial charge < -0.3 is 9.72 Å². The zero-order valence-electron chi connectivity index (χ0n) is 15.4. The summed E-state index contributed by atoms with van der Waals surface area (Å²) < 4.78 is 4.29. The van der Waals surface area contributed by atoms with Crippen molar-refractivity contribution in [3.8, 4) is 11.4 Å². The van der Waals surface area contributed by atoms with Crippen molar-refractivity contribution in [2.45, 2.75) is 26.4 Å². The second-order valence-corrected chi connectivity index (χ2v) is 6.99. The zero-order chi connectivity index (χ0) is 19.5. The predicted molar refractivity (Wildman–Crippen MR) is 109 cm³/mol. The maximum absolute atomic E-state index is 12.3. The van der Waals surface area contributed by atoms with Gasteiger partial charge in [0.05, 0.1) is 12.2 Å². The van der Waals surface area contributed by atoms with Crippen LogP contribution in [-0.4, -0.2) is 30.1 Å². The van der Waals surface area contributed by atoms with Crippen molar-refractivity contribution in [3.63, 3.8) is 0 Å². The standard InChI is InChI=1S/C20H20N6OS/c1-14-5-4-6-15(11-14)19-23-24-20(28)26(19)10-8-18(27)21-12-16-13-25-9-3-2-7-17(25)22-16/h2-7,9,11,13H,8,10,12H2,1H3,(H,21,27)(H,24,28). The molecule has 1 amide bonds. The summed E-state index contributed by atoms with van der Waals surface area (Å²) in [5.74, 6) is 0.678. The predicted octanol–water partition coefficient (Wildman–Crippen LogP) is 3.27. The topological polar surface area (TPSA) is 80.0 Å².